The Hall–Kier alpha value is -2.97. The molecule has 2 unspecified atom stereocenters. The number of carbonyl (C=O) groups excluding carboxylic acids is 4. The summed E-state index contributed by atoms with van der Waals surface area (Å²) in [7, 11) is 0. The number of hydrogen-bond acceptors (Lipinski definition) is 7. The molecule has 34 heavy (non-hydrogen) atoms. The van der Waals surface area contributed by atoms with Gasteiger partial charge in [0.1, 0.15) is 11.4 Å². The number of fused-ring (bicyclic) bond motifs is 1. The highest BCUT2D eigenvalue weighted by molar-refractivity contribution is 6.00. The number of imide groups is 1. The number of pyridine rings is 1. The zero-order valence-electron chi connectivity index (χ0n) is 20.3. The fraction of sp³-hybridized carbons (Fsp3) is 0.640. The summed E-state index contributed by atoms with van der Waals surface area (Å²) in [5, 5.41) is 2.39. The Morgan fingerprint density at radius 2 is 1.71 bits per heavy atom. The molecule has 0 radical (unpaired) electrons. The van der Waals surface area contributed by atoms with Crippen LogP contribution in [0.1, 0.15) is 68.9 Å². The molecule has 3 heterocycles. The second kappa shape index (κ2) is 9.72. The molecule has 1 aromatic heterocycles. The smallest absolute Gasteiger partial charge is 0.410 e. The average molecular weight is 471 g/mol. The van der Waals surface area contributed by atoms with Gasteiger partial charge in [-0.05, 0) is 65.0 Å². The van der Waals surface area contributed by atoms with Crippen LogP contribution in [0.3, 0.4) is 0 Å². The van der Waals surface area contributed by atoms with Crippen LogP contribution >= 0.6 is 0 Å². The van der Waals surface area contributed by atoms with Gasteiger partial charge in [0, 0.05) is 50.0 Å². The molecule has 1 aromatic rings. The third-order valence-electron chi connectivity index (χ3n) is 6.80. The van der Waals surface area contributed by atoms with Crippen molar-refractivity contribution in [2.24, 2.45) is 11.8 Å². The molecule has 2 fully saturated rings. The number of piperidine rings is 1. The maximum Gasteiger partial charge on any atom is 0.410 e. The lowest BCUT2D eigenvalue weighted by Crippen LogP contribution is -2.50. The van der Waals surface area contributed by atoms with Crippen LogP contribution in [0.25, 0.3) is 0 Å². The van der Waals surface area contributed by atoms with E-state index < -0.39 is 5.60 Å². The first-order chi connectivity index (χ1) is 16.1. The Morgan fingerprint density at radius 3 is 2.38 bits per heavy atom. The van der Waals surface area contributed by atoms with Gasteiger partial charge in [0.2, 0.25) is 11.8 Å². The van der Waals surface area contributed by atoms with Gasteiger partial charge in [0.25, 0.3) is 0 Å². The lowest BCUT2D eigenvalue weighted by Gasteiger charge is -2.36. The number of hydrogen-bond donors (Lipinski definition) is 1. The van der Waals surface area contributed by atoms with Crippen molar-refractivity contribution in [1.29, 1.82) is 0 Å². The van der Waals surface area contributed by atoms with Gasteiger partial charge in [-0.25, -0.2) is 9.78 Å². The first kappa shape index (κ1) is 24.2. The summed E-state index contributed by atoms with van der Waals surface area (Å²) in [6, 6.07) is 3.76. The number of aromatic nitrogens is 1. The monoisotopic (exact) mass is 470 g/mol. The number of ketones is 1. The lowest BCUT2D eigenvalue weighted by molar-refractivity contribution is -0.136. The van der Waals surface area contributed by atoms with Crippen molar-refractivity contribution in [3.8, 4) is 0 Å². The summed E-state index contributed by atoms with van der Waals surface area (Å²) in [4.78, 5) is 57.4. The molecule has 4 rings (SSSR count). The normalized spacial score (nSPS) is 23.4. The minimum Gasteiger partial charge on any atom is -0.444 e. The van der Waals surface area contributed by atoms with Crippen molar-refractivity contribution in [1.82, 2.24) is 15.2 Å². The minimum atomic E-state index is -0.513. The summed E-state index contributed by atoms with van der Waals surface area (Å²) in [5.41, 5.74) is 0.991. The van der Waals surface area contributed by atoms with Gasteiger partial charge in [-0.15, -0.1) is 0 Å². The number of carbonyl (C=O) groups is 4. The molecule has 3 amide bonds. The third kappa shape index (κ3) is 5.56. The number of ether oxygens (including phenoxy) is 1. The fourth-order valence-corrected chi connectivity index (χ4v) is 4.88. The number of nitrogens with zero attached hydrogens (tertiary/aromatic N) is 3. The average Bonchev–Trinajstić information content (AvgIpc) is 2.78. The van der Waals surface area contributed by atoms with Crippen LogP contribution in [-0.4, -0.2) is 65.4 Å². The Labute approximate surface area is 200 Å². The van der Waals surface area contributed by atoms with E-state index >= 15 is 0 Å². The van der Waals surface area contributed by atoms with Crippen molar-refractivity contribution < 1.29 is 23.9 Å². The van der Waals surface area contributed by atoms with E-state index in [4.69, 9.17) is 9.72 Å². The molecule has 2 atom stereocenters. The number of anilines is 1. The Morgan fingerprint density at radius 1 is 1.03 bits per heavy atom. The van der Waals surface area contributed by atoms with E-state index in [9.17, 15) is 19.2 Å². The molecule has 0 aromatic carbocycles. The second-order valence-electron chi connectivity index (χ2n) is 10.4. The van der Waals surface area contributed by atoms with Gasteiger partial charge >= 0.3 is 6.09 Å². The number of nitrogens with one attached hydrogen (secondary N) is 1. The topological polar surface area (TPSA) is 109 Å². The summed E-state index contributed by atoms with van der Waals surface area (Å²) < 4.78 is 5.46. The third-order valence-corrected chi connectivity index (χ3v) is 6.80. The quantitative estimate of drug-likeness (QED) is 0.674. The van der Waals surface area contributed by atoms with E-state index in [1.165, 1.54) is 0 Å². The van der Waals surface area contributed by atoms with E-state index in [0.29, 0.717) is 57.4 Å². The Balaban J connectivity index is 1.32. The van der Waals surface area contributed by atoms with Crippen molar-refractivity contribution >= 4 is 29.5 Å². The number of piperazine rings is 1. The zero-order valence-corrected chi connectivity index (χ0v) is 20.3. The van der Waals surface area contributed by atoms with Crippen molar-refractivity contribution in [2.45, 2.75) is 64.9 Å². The molecular weight excluding hydrogens is 436 g/mol. The first-order valence-electron chi connectivity index (χ1n) is 12.2. The van der Waals surface area contributed by atoms with Crippen LogP contribution in [0, 0.1) is 11.8 Å². The van der Waals surface area contributed by atoms with Crippen LogP contribution in [-0.2, 0) is 20.7 Å². The fourth-order valence-electron chi connectivity index (χ4n) is 4.88. The molecular formula is C25H34N4O5. The first-order valence-corrected chi connectivity index (χ1v) is 12.2. The van der Waals surface area contributed by atoms with E-state index in [-0.39, 0.29) is 35.5 Å². The molecule has 184 valence electrons. The van der Waals surface area contributed by atoms with Crippen molar-refractivity contribution in [2.75, 3.05) is 31.1 Å². The van der Waals surface area contributed by atoms with Crippen LogP contribution in [0.4, 0.5) is 10.6 Å². The maximum absolute atomic E-state index is 13.1. The van der Waals surface area contributed by atoms with Gasteiger partial charge in [0.15, 0.2) is 5.78 Å². The van der Waals surface area contributed by atoms with Crippen LogP contribution < -0.4 is 10.2 Å². The van der Waals surface area contributed by atoms with Crippen molar-refractivity contribution in [3.63, 3.8) is 0 Å². The molecule has 3 aliphatic rings. The molecule has 2 aliphatic heterocycles. The largest absolute Gasteiger partial charge is 0.444 e. The van der Waals surface area contributed by atoms with E-state index in [2.05, 4.69) is 10.2 Å². The summed E-state index contributed by atoms with van der Waals surface area (Å²) >= 11 is 0. The van der Waals surface area contributed by atoms with Gasteiger partial charge in [0.05, 0.1) is 5.69 Å². The van der Waals surface area contributed by atoms with Crippen LogP contribution in [0.15, 0.2) is 12.1 Å². The highest BCUT2D eigenvalue weighted by atomic mass is 16.6. The van der Waals surface area contributed by atoms with Crippen LogP contribution in [0.5, 0.6) is 0 Å². The molecule has 0 spiro atoms. The molecule has 1 aliphatic carbocycles. The highest BCUT2D eigenvalue weighted by Gasteiger charge is 2.33. The van der Waals surface area contributed by atoms with Gasteiger partial charge in [-0.3, -0.25) is 19.7 Å². The maximum atomic E-state index is 13.1. The number of aryl methyl sites for hydroxylation is 1. The van der Waals surface area contributed by atoms with E-state index in [0.717, 1.165) is 24.4 Å². The molecule has 2 saturated heterocycles. The molecule has 9 nitrogen and oxygen atoms in total. The van der Waals surface area contributed by atoms with Crippen molar-refractivity contribution in [3.05, 3.63) is 23.4 Å². The lowest BCUT2D eigenvalue weighted by atomic mass is 9.80. The highest BCUT2D eigenvalue weighted by Crippen LogP contribution is 2.31. The van der Waals surface area contributed by atoms with E-state index in [1.807, 2.05) is 32.9 Å². The second-order valence-corrected chi connectivity index (χ2v) is 10.4. The van der Waals surface area contributed by atoms with Crippen LogP contribution in [0.2, 0.25) is 0 Å². The Bertz CT molecular complexity index is 978. The molecule has 0 saturated carbocycles. The predicted octanol–water partition coefficient (Wildman–Crippen LogP) is 2.72. The van der Waals surface area contributed by atoms with E-state index in [1.54, 1.807) is 4.90 Å². The Kier molecular flexibility index (Phi) is 6.91. The number of Topliss-reactive ketones (excluding diaryl/α,β-unsaturated/α-hetero) is 1. The standard InChI is InChI=1S/C25H34N4O5/c1-25(2,3)34-24(33)29-14-12-28(13-15-29)20-10-8-18-19(26-20)9-6-16(22(18)31)4-5-17-7-11-21(30)27-23(17)32/h8,10,16-17H,4-7,9,11-15H2,1-3H3,(H,27,30,32). The minimum absolute atomic E-state index is 0.0994. The molecule has 9 heteroatoms. The van der Waals surface area contributed by atoms with Gasteiger partial charge in [-0.1, -0.05) is 0 Å². The summed E-state index contributed by atoms with van der Waals surface area (Å²) in [6.45, 7) is 8.03. The number of amides is 3. The number of rotatable bonds is 4. The molecule has 0 bridgehead atoms. The van der Waals surface area contributed by atoms with Gasteiger partial charge in [-0.2, -0.15) is 0 Å². The SMILES string of the molecule is CC(C)(C)OC(=O)N1CCN(c2ccc3c(n2)CCC(CCC2CCC(=O)NC2=O)C3=O)CC1. The zero-order chi connectivity index (χ0) is 24.5. The summed E-state index contributed by atoms with van der Waals surface area (Å²) in [6.07, 6.45) is 3.37. The summed E-state index contributed by atoms with van der Waals surface area (Å²) in [5.74, 6) is 0.212. The predicted molar refractivity (Wildman–Crippen MR) is 126 cm³/mol. The van der Waals surface area contributed by atoms with Gasteiger partial charge < -0.3 is 14.5 Å². The molecule has 1 N–H and O–H groups in total.